The minimum absolute atomic E-state index is 0.134. The summed E-state index contributed by atoms with van der Waals surface area (Å²) in [4.78, 5) is 17.5. The number of carbonyl (C=O) groups is 1. The Morgan fingerprint density at radius 3 is 2.50 bits per heavy atom. The van der Waals surface area contributed by atoms with Crippen molar-refractivity contribution in [3.63, 3.8) is 0 Å². The molecule has 1 aromatic heterocycles. The summed E-state index contributed by atoms with van der Waals surface area (Å²) < 4.78 is 0. The van der Waals surface area contributed by atoms with E-state index < -0.39 is 0 Å². The number of aryl methyl sites for hydroxylation is 2. The third kappa shape index (κ3) is 2.36. The minimum atomic E-state index is 0.134. The number of ketones is 1. The maximum absolute atomic E-state index is 11.9. The molecule has 0 fully saturated rings. The molecule has 0 spiro atoms. The predicted octanol–water partition coefficient (Wildman–Crippen LogP) is 3.19. The SMILES string of the molecule is Cc1nc(CC(=O)c2ccccc2)sc1C. The number of carbonyl (C=O) groups excluding carboxylic acids is 1. The van der Waals surface area contributed by atoms with E-state index in [0.717, 1.165) is 16.3 Å². The average Bonchev–Trinajstić information content (AvgIpc) is 2.59. The van der Waals surface area contributed by atoms with Crippen LogP contribution in [0.5, 0.6) is 0 Å². The smallest absolute Gasteiger partial charge is 0.169 e. The lowest BCUT2D eigenvalue weighted by Gasteiger charge is -1.97. The zero-order chi connectivity index (χ0) is 11.5. The van der Waals surface area contributed by atoms with Gasteiger partial charge >= 0.3 is 0 Å². The van der Waals surface area contributed by atoms with Gasteiger partial charge in [-0.3, -0.25) is 4.79 Å². The average molecular weight is 231 g/mol. The Bertz CT molecular complexity index is 482. The van der Waals surface area contributed by atoms with Crippen LogP contribution in [-0.2, 0) is 6.42 Å². The number of benzene rings is 1. The van der Waals surface area contributed by atoms with E-state index in [-0.39, 0.29) is 5.78 Å². The molecule has 1 heterocycles. The number of rotatable bonds is 3. The van der Waals surface area contributed by atoms with Crippen molar-refractivity contribution in [3.8, 4) is 0 Å². The second-order valence-electron chi connectivity index (χ2n) is 3.72. The molecule has 1 aromatic carbocycles. The molecule has 0 aliphatic carbocycles. The highest BCUT2D eigenvalue weighted by molar-refractivity contribution is 7.11. The van der Waals surface area contributed by atoms with Gasteiger partial charge in [0.2, 0.25) is 0 Å². The van der Waals surface area contributed by atoms with Gasteiger partial charge in [-0.25, -0.2) is 4.98 Å². The molecular weight excluding hydrogens is 218 g/mol. The number of thiazole rings is 1. The Hall–Kier alpha value is -1.48. The molecule has 3 heteroatoms. The van der Waals surface area contributed by atoms with E-state index in [0.29, 0.717) is 6.42 Å². The summed E-state index contributed by atoms with van der Waals surface area (Å²) in [6.07, 6.45) is 0.406. The first-order chi connectivity index (χ1) is 7.66. The number of Topliss-reactive ketones (excluding diaryl/α,β-unsaturated/α-hetero) is 1. The molecular formula is C13H13NOS. The van der Waals surface area contributed by atoms with Crippen molar-refractivity contribution in [1.82, 2.24) is 4.98 Å². The number of nitrogens with zero attached hydrogens (tertiary/aromatic N) is 1. The maximum atomic E-state index is 11.9. The van der Waals surface area contributed by atoms with Crippen molar-refractivity contribution >= 4 is 17.1 Å². The Morgan fingerprint density at radius 1 is 1.25 bits per heavy atom. The van der Waals surface area contributed by atoms with Crippen molar-refractivity contribution in [2.45, 2.75) is 20.3 Å². The van der Waals surface area contributed by atoms with E-state index in [1.807, 2.05) is 44.2 Å². The lowest BCUT2D eigenvalue weighted by molar-refractivity contribution is 0.0993. The topological polar surface area (TPSA) is 30.0 Å². The Labute approximate surface area is 99.0 Å². The van der Waals surface area contributed by atoms with Gasteiger partial charge in [-0.2, -0.15) is 0 Å². The number of hydrogen-bond acceptors (Lipinski definition) is 3. The fraction of sp³-hybridized carbons (Fsp3) is 0.231. The molecule has 2 aromatic rings. The second-order valence-corrected chi connectivity index (χ2v) is 5.00. The summed E-state index contributed by atoms with van der Waals surface area (Å²) in [6.45, 7) is 4.01. The molecule has 0 bridgehead atoms. The number of aromatic nitrogens is 1. The molecule has 82 valence electrons. The van der Waals surface area contributed by atoms with Crippen molar-refractivity contribution in [3.05, 3.63) is 51.5 Å². The van der Waals surface area contributed by atoms with Crippen LogP contribution in [0.1, 0.15) is 25.9 Å². The van der Waals surface area contributed by atoms with Gasteiger partial charge in [0.05, 0.1) is 12.1 Å². The van der Waals surface area contributed by atoms with Crippen molar-refractivity contribution in [2.24, 2.45) is 0 Å². The molecule has 0 N–H and O–H groups in total. The predicted molar refractivity (Wildman–Crippen MR) is 66.1 cm³/mol. The van der Waals surface area contributed by atoms with Crippen LogP contribution >= 0.6 is 11.3 Å². The van der Waals surface area contributed by atoms with Crippen LogP contribution in [0.2, 0.25) is 0 Å². The fourth-order valence-corrected chi connectivity index (χ4v) is 2.41. The molecule has 0 saturated carbocycles. The van der Waals surface area contributed by atoms with Gasteiger partial charge in [0, 0.05) is 10.4 Å². The van der Waals surface area contributed by atoms with E-state index in [4.69, 9.17) is 0 Å². The molecule has 2 nitrogen and oxygen atoms in total. The molecule has 0 aliphatic heterocycles. The zero-order valence-electron chi connectivity index (χ0n) is 9.36. The second kappa shape index (κ2) is 4.58. The zero-order valence-corrected chi connectivity index (χ0v) is 10.2. The Morgan fingerprint density at radius 2 is 1.94 bits per heavy atom. The van der Waals surface area contributed by atoms with E-state index in [9.17, 15) is 4.79 Å². The first-order valence-corrected chi connectivity index (χ1v) is 5.99. The summed E-state index contributed by atoms with van der Waals surface area (Å²) in [7, 11) is 0. The Kier molecular flexibility index (Phi) is 3.15. The molecule has 0 atom stereocenters. The van der Waals surface area contributed by atoms with Crippen LogP contribution < -0.4 is 0 Å². The maximum Gasteiger partial charge on any atom is 0.169 e. The van der Waals surface area contributed by atoms with Gasteiger partial charge in [0.25, 0.3) is 0 Å². The lowest BCUT2D eigenvalue weighted by atomic mass is 10.1. The highest BCUT2D eigenvalue weighted by atomic mass is 32.1. The largest absolute Gasteiger partial charge is 0.294 e. The summed E-state index contributed by atoms with van der Waals surface area (Å²) in [5.41, 5.74) is 1.79. The quantitative estimate of drug-likeness (QED) is 0.759. The molecule has 0 unspecified atom stereocenters. The van der Waals surface area contributed by atoms with Crippen molar-refractivity contribution in [2.75, 3.05) is 0 Å². The van der Waals surface area contributed by atoms with E-state index in [1.54, 1.807) is 11.3 Å². The van der Waals surface area contributed by atoms with Gasteiger partial charge in [0.15, 0.2) is 5.78 Å². The fourth-order valence-electron chi connectivity index (χ4n) is 1.48. The normalized spacial score (nSPS) is 10.4. The van der Waals surface area contributed by atoms with Gasteiger partial charge in [0.1, 0.15) is 5.01 Å². The highest BCUT2D eigenvalue weighted by Crippen LogP contribution is 2.18. The summed E-state index contributed by atoms with van der Waals surface area (Å²) in [5.74, 6) is 0.134. The molecule has 0 amide bonds. The van der Waals surface area contributed by atoms with Gasteiger partial charge in [-0.15, -0.1) is 11.3 Å². The van der Waals surface area contributed by atoms with Crippen LogP contribution in [0.3, 0.4) is 0 Å². The van der Waals surface area contributed by atoms with Crippen LogP contribution in [0, 0.1) is 13.8 Å². The van der Waals surface area contributed by atoms with Crippen LogP contribution in [0.25, 0.3) is 0 Å². The molecule has 0 saturated heterocycles. The summed E-state index contributed by atoms with van der Waals surface area (Å²) in [5, 5.41) is 0.906. The van der Waals surface area contributed by atoms with Gasteiger partial charge < -0.3 is 0 Å². The highest BCUT2D eigenvalue weighted by Gasteiger charge is 2.10. The molecule has 2 rings (SSSR count). The summed E-state index contributed by atoms with van der Waals surface area (Å²) >= 11 is 1.61. The Balaban J connectivity index is 2.14. The standard InChI is InChI=1S/C13H13NOS/c1-9-10(2)16-13(14-9)8-12(15)11-6-4-3-5-7-11/h3-7H,8H2,1-2H3. The van der Waals surface area contributed by atoms with E-state index in [1.165, 1.54) is 4.88 Å². The minimum Gasteiger partial charge on any atom is -0.294 e. The lowest BCUT2D eigenvalue weighted by Crippen LogP contribution is -2.02. The van der Waals surface area contributed by atoms with Crippen molar-refractivity contribution < 1.29 is 4.79 Å². The molecule has 0 radical (unpaired) electrons. The molecule has 16 heavy (non-hydrogen) atoms. The van der Waals surface area contributed by atoms with Gasteiger partial charge in [-0.1, -0.05) is 30.3 Å². The first-order valence-electron chi connectivity index (χ1n) is 5.18. The molecule has 0 aliphatic rings. The third-order valence-corrected chi connectivity index (χ3v) is 3.55. The van der Waals surface area contributed by atoms with Crippen LogP contribution in [-0.4, -0.2) is 10.8 Å². The summed E-state index contributed by atoms with van der Waals surface area (Å²) in [6, 6.07) is 9.36. The van der Waals surface area contributed by atoms with Gasteiger partial charge in [-0.05, 0) is 13.8 Å². The van der Waals surface area contributed by atoms with E-state index >= 15 is 0 Å². The van der Waals surface area contributed by atoms with Crippen LogP contribution in [0.15, 0.2) is 30.3 Å². The number of hydrogen-bond donors (Lipinski definition) is 0. The monoisotopic (exact) mass is 231 g/mol. The van der Waals surface area contributed by atoms with Crippen molar-refractivity contribution in [1.29, 1.82) is 0 Å². The third-order valence-electron chi connectivity index (χ3n) is 2.48. The van der Waals surface area contributed by atoms with E-state index in [2.05, 4.69) is 4.98 Å². The first kappa shape index (κ1) is 11.0. The van der Waals surface area contributed by atoms with Crippen LogP contribution in [0.4, 0.5) is 0 Å².